The van der Waals surface area contributed by atoms with Gasteiger partial charge in [0.2, 0.25) is 0 Å². The summed E-state index contributed by atoms with van der Waals surface area (Å²) in [6, 6.07) is 4.54. The molecule has 182 valence electrons. The van der Waals surface area contributed by atoms with E-state index in [1.807, 2.05) is 12.3 Å². The molecular formula is C27H43N5O. The minimum absolute atomic E-state index is 0.0431. The number of nitrogens with two attached hydrogens (primary N) is 1. The summed E-state index contributed by atoms with van der Waals surface area (Å²) >= 11 is 0. The van der Waals surface area contributed by atoms with Gasteiger partial charge in [0.05, 0.1) is 0 Å². The van der Waals surface area contributed by atoms with Crippen molar-refractivity contribution >= 4 is 11.9 Å². The molecule has 0 bridgehead atoms. The maximum Gasteiger partial charge on any atom is 0.257 e. The zero-order valence-corrected chi connectivity index (χ0v) is 20.7. The van der Waals surface area contributed by atoms with E-state index in [2.05, 4.69) is 29.9 Å². The van der Waals surface area contributed by atoms with E-state index in [-0.39, 0.29) is 5.91 Å². The fourth-order valence-electron chi connectivity index (χ4n) is 5.36. The minimum Gasteiger partial charge on any atom is -0.369 e. The zero-order chi connectivity index (χ0) is 23.7. The Kier molecular flexibility index (Phi) is 9.48. The predicted molar refractivity (Wildman–Crippen MR) is 136 cm³/mol. The van der Waals surface area contributed by atoms with E-state index in [0.717, 1.165) is 56.6 Å². The minimum atomic E-state index is -0.740. The molecule has 3 rings (SSSR count). The van der Waals surface area contributed by atoms with E-state index in [1.165, 1.54) is 42.6 Å². The number of aromatic nitrogens is 1. The number of rotatable bonds is 13. The second-order valence-electron chi connectivity index (χ2n) is 10.1. The number of amides is 1. The molecule has 1 aliphatic heterocycles. The van der Waals surface area contributed by atoms with Crippen LogP contribution in [0.5, 0.6) is 0 Å². The van der Waals surface area contributed by atoms with Crippen molar-refractivity contribution in [2.45, 2.75) is 102 Å². The molecule has 1 aromatic rings. The van der Waals surface area contributed by atoms with Crippen LogP contribution < -0.4 is 11.1 Å². The molecule has 1 fully saturated rings. The Morgan fingerprint density at radius 3 is 2.79 bits per heavy atom. The molecule has 2 heterocycles. The Balaban J connectivity index is 1.49. The van der Waals surface area contributed by atoms with E-state index in [1.54, 1.807) is 13.2 Å². The summed E-state index contributed by atoms with van der Waals surface area (Å²) in [7, 11) is 1.74. The zero-order valence-electron chi connectivity index (χ0n) is 20.7. The Labute approximate surface area is 200 Å². The molecule has 1 aliphatic carbocycles. The molecule has 1 aromatic heterocycles. The Hall–Kier alpha value is -2.21. The lowest BCUT2D eigenvalue weighted by atomic mass is 9.79. The van der Waals surface area contributed by atoms with Gasteiger partial charge in [-0.05, 0) is 56.1 Å². The summed E-state index contributed by atoms with van der Waals surface area (Å²) in [5, 5.41) is 3.65. The van der Waals surface area contributed by atoms with Gasteiger partial charge in [0.1, 0.15) is 5.54 Å². The Bertz CT molecular complexity index is 802. The third-order valence-electron chi connectivity index (χ3n) is 7.50. The molecule has 1 saturated carbocycles. The van der Waals surface area contributed by atoms with E-state index >= 15 is 0 Å². The van der Waals surface area contributed by atoms with E-state index in [4.69, 9.17) is 10.7 Å². The standard InChI is InChI=1S/C27H43N5O/c1-4-24(30-20-23-13-9-17-29-19-23)14-8-10-21(2)18-27(25(33)32(3)26(28)31-27)16-15-22-11-6-5-7-12-22/h9,13,17,19,22,24,30H,2,4-8,10-12,14-16,18,20H2,1,3H3,(H2,28,31)/t24-,27+/m0/s1. The van der Waals surface area contributed by atoms with Crippen LogP contribution in [0.1, 0.15) is 89.5 Å². The van der Waals surface area contributed by atoms with Crippen molar-refractivity contribution in [2.24, 2.45) is 16.6 Å². The first-order valence-electron chi connectivity index (χ1n) is 12.9. The lowest BCUT2D eigenvalue weighted by molar-refractivity contribution is -0.130. The quantitative estimate of drug-likeness (QED) is 0.414. The van der Waals surface area contributed by atoms with Gasteiger partial charge in [0.15, 0.2) is 5.96 Å². The molecule has 0 spiro atoms. The largest absolute Gasteiger partial charge is 0.369 e. The first-order valence-corrected chi connectivity index (χ1v) is 12.9. The molecule has 6 nitrogen and oxygen atoms in total. The summed E-state index contributed by atoms with van der Waals surface area (Å²) in [4.78, 5) is 23.6. The molecule has 33 heavy (non-hydrogen) atoms. The maximum atomic E-state index is 13.2. The number of likely N-dealkylation sites (N-methyl/N-ethyl adjacent to an activating group) is 1. The first-order chi connectivity index (χ1) is 15.9. The van der Waals surface area contributed by atoms with Gasteiger partial charge in [-0.2, -0.15) is 0 Å². The number of carbonyl (C=O) groups excluding carboxylic acids is 1. The highest BCUT2D eigenvalue weighted by atomic mass is 16.2. The smallest absolute Gasteiger partial charge is 0.257 e. The van der Waals surface area contributed by atoms with Crippen molar-refractivity contribution in [3.8, 4) is 0 Å². The molecule has 2 atom stereocenters. The summed E-state index contributed by atoms with van der Waals surface area (Å²) < 4.78 is 0. The highest BCUT2D eigenvalue weighted by Gasteiger charge is 2.46. The van der Waals surface area contributed by atoms with Crippen molar-refractivity contribution in [3.05, 3.63) is 42.2 Å². The number of nitrogens with zero attached hydrogens (tertiary/aromatic N) is 3. The lowest BCUT2D eigenvalue weighted by Crippen LogP contribution is -2.42. The van der Waals surface area contributed by atoms with E-state index in [0.29, 0.717) is 18.4 Å². The van der Waals surface area contributed by atoms with Gasteiger partial charge >= 0.3 is 0 Å². The average Bonchev–Trinajstić information content (AvgIpc) is 3.04. The normalized spacial score (nSPS) is 22.4. The molecule has 0 radical (unpaired) electrons. The van der Waals surface area contributed by atoms with Crippen LogP contribution in [-0.2, 0) is 11.3 Å². The van der Waals surface area contributed by atoms with Crippen LogP contribution in [0, 0.1) is 5.92 Å². The topological polar surface area (TPSA) is 83.6 Å². The van der Waals surface area contributed by atoms with Crippen LogP contribution in [0.2, 0.25) is 0 Å². The van der Waals surface area contributed by atoms with Crippen LogP contribution >= 0.6 is 0 Å². The Morgan fingerprint density at radius 2 is 2.15 bits per heavy atom. The number of hydrogen-bond donors (Lipinski definition) is 2. The van der Waals surface area contributed by atoms with Crippen LogP contribution in [0.4, 0.5) is 0 Å². The van der Waals surface area contributed by atoms with Gasteiger partial charge in [0.25, 0.3) is 5.91 Å². The fraction of sp³-hybridized carbons (Fsp3) is 0.667. The van der Waals surface area contributed by atoms with Crippen molar-refractivity contribution in [2.75, 3.05) is 7.05 Å². The molecule has 0 saturated heterocycles. The SMILES string of the molecule is C=C(CCC[C@H](CC)NCc1cccnc1)C[C@@]1(CCC2CCCCC2)N=C(N)N(C)C1=O. The van der Waals surface area contributed by atoms with Crippen molar-refractivity contribution in [3.63, 3.8) is 0 Å². The first kappa shape index (κ1) is 25.4. The van der Waals surface area contributed by atoms with E-state index in [9.17, 15) is 4.79 Å². The number of carbonyl (C=O) groups is 1. The van der Waals surface area contributed by atoms with Crippen molar-refractivity contribution in [1.29, 1.82) is 0 Å². The second-order valence-corrected chi connectivity index (χ2v) is 10.1. The number of pyridine rings is 1. The van der Waals surface area contributed by atoms with Gasteiger partial charge in [-0.1, -0.05) is 57.2 Å². The Morgan fingerprint density at radius 1 is 1.36 bits per heavy atom. The van der Waals surface area contributed by atoms with Gasteiger partial charge in [-0.25, -0.2) is 4.99 Å². The van der Waals surface area contributed by atoms with Crippen LogP contribution in [0.25, 0.3) is 0 Å². The third kappa shape index (κ3) is 7.13. The summed E-state index contributed by atoms with van der Waals surface area (Å²) in [6.45, 7) is 7.41. The summed E-state index contributed by atoms with van der Waals surface area (Å²) in [5.41, 5.74) is 7.66. The van der Waals surface area contributed by atoms with Gasteiger partial charge in [0, 0.05) is 38.4 Å². The predicted octanol–water partition coefficient (Wildman–Crippen LogP) is 4.95. The van der Waals surface area contributed by atoms with E-state index < -0.39 is 5.54 Å². The average molecular weight is 454 g/mol. The molecule has 0 unspecified atom stereocenters. The highest BCUT2D eigenvalue weighted by Crippen LogP contribution is 2.37. The lowest BCUT2D eigenvalue weighted by Gasteiger charge is -2.29. The molecule has 3 N–H and O–H groups in total. The fourth-order valence-corrected chi connectivity index (χ4v) is 5.36. The highest BCUT2D eigenvalue weighted by molar-refractivity contribution is 6.06. The van der Waals surface area contributed by atoms with Crippen LogP contribution in [-0.4, -0.2) is 40.4 Å². The molecular weight excluding hydrogens is 410 g/mol. The summed E-state index contributed by atoms with van der Waals surface area (Å²) in [5.74, 6) is 1.11. The molecule has 0 aromatic carbocycles. The van der Waals surface area contributed by atoms with Crippen molar-refractivity contribution < 1.29 is 4.79 Å². The third-order valence-corrected chi connectivity index (χ3v) is 7.50. The van der Waals surface area contributed by atoms with Crippen LogP contribution in [0.15, 0.2) is 41.7 Å². The summed E-state index contributed by atoms with van der Waals surface area (Å²) in [6.07, 6.45) is 16.9. The molecule has 2 aliphatic rings. The second kappa shape index (κ2) is 12.3. The van der Waals surface area contributed by atoms with Gasteiger partial charge in [-0.3, -0.25) is 14.7 Å². The van der Waals surface area contributed by atoms with Gasteiger partial charge < -0.3 is 11.1 Å². The number of guanidine groups is 1. The monoisotopic (exact) mass is 453 g/mol. The van der Waals surface area contributed by atoms with Gasteiger partial charge in [-0.15, -0.1) is 0 Å². The van der Waals surface area contributed by atoms with Crippen LogP contribution in [0.3, 0.4) is 0 Å². The number of aliphatic imine (C=N–C) groups is 1. The number of hydrogen-bond acceptors (Lipinski definition) is 5. The number of nitrogens with one attached hydrogen (secondary N) is 1. The maximum absolute atomic E-state index is 13.2. The van der Waals surface area contributed by atoms with Crippen molar-refractivity contribution in [1.82, 2.24) is 15.2 Å². The molecule has 1 amide bonds. The molecule has 6 heteroatoms.